The smallest absolute Gasteiger partial charge is 0.336 e. The second kappa shape index (κ2) is 9.39. The predicted octanol–water partition coefficient (Wildman–Crippen LogP) is 4.41. The molecule has 1 aromatic heterocycles. The van der Waals surface area contributed by atoms with Gasteiger partial charge in [0.1, 0.15) is 5.75 Å². The maximum Gasteiger partial charge on any atom is 0.336 e. The van der Waals surface area contributed by atoms with Crippen LogP contribution in [0.3, 0.4) is 0 Å². The van der Waals surface area contributed by atoms with E-state index in [1.54, 1.807) is 19.5 Å². The Morgan fingerprint density at radius 2 is 1.81 bits per heavy atom. The lowest BCUT2D eigenvalue weighted by Gasteiger charge is -2.36. The summed E-state index contributed by atoms with van der Waals surface area (Å²) in [6.07, 6.45) is 5.21. The average Bonchev–Trinajstić information content (AvgIpc) is 2.82. The molecule has 0 saturated heterocycles. The van der Waals surface area contributed by atoms with Crippen LogP contribution in [0.15, 0.2) is 71.3 Å². The summed E-state index contributed by atoms with van der Waals surface area (Å²) in [6.45, 7) is 4.18. The summed E-state index contributed by atoms with van der Waals surface area (Å²) in [4.78, 5) is 30.6. The van der Waals surface area contributed by atoms with E-state index in [0.717, 1.165) is 34.7 Å². The van der Waals surface area contributed by atoms with Crippen LogP contribution in [-0.4, -0.2) is 30.5 Å². The lowest BCUT2D eigenvalue weighted by Crippen LogP contribution is -2.36. The van der Waals surface area contributed by atoms with Gasteiger partial charge in [-0.15, -0.1) is 0 Å². The van der Waals surface area contributed by atoms with Crippen molar-refractivity contribution in [3.63, 3.8) is 0 Å². The van der Waals surface area contributed by atoms with E-state index in [2.05, 4.69) is 10.3 Å². The number of carbonyl (C=O) groups excluding carboxylic acids is 2. The minimum absolute atomic E-state index is 0.0506. The van der Waals surface area contributed by atoms with Crippen molar-refractivity contribution in [3.8, 4) is 5.75 Å². The molecule has 2 aromatic rings. The van der Waals surface area contributed by atoms with Crippen molar-refractivity contribution in [2.24, 2.45) is 0 Å². The van der Waals surface area contributed by atoms with Crippen LogP contribution in [0.4, 0.5) is 0 Å². The number of esters is 1. The highest BCUT2D eigenvalue weighted by Crippen LogP contribution is 2.45. The van der Waals surface area contributed by atoms with E-state index in [1.165, 1.54) is 0 Å². The van der Waals surface area contributed by atoms with E-state index in [9.17, 15) is 9.59 Å². The lowest BCUT2D eigenvalue weighted by molar-refractivity contribution is -0.139. The number of pyridine rings is 1. The number of ketones is 1. The number of benzene rings is 1. The van der Waals surface area contributed by atoms with Gasteiger partial charge in [0.05, 0.1) is 19.3 Å². The standard InChI is InChI=1S/C26H28N2O4/c1-4-13-32-26(30)23-16(2)28-21-14-19(17-5-7-20(31-3)8-6-17)15-22(29)25(21)24(23)18-9-11-27-12-10-18/h5-12,19,24,28H,4,13-15H2,1-3H3/t19-,24-/m0/s1. The molecular weight excluding hydrogens is 404 g/mol. The first kappa shape index (κ1) is 21.8. The van der Waals surface area contributed by atoms with Gasteiger partial charge in [-0.3, -0.25) is 9.78 Å². The van der Waals surface area contributed by atoms with Crippen molar-refractivity contribution in [1.29, 1.82) is 0 Å². The molecule has 0 saturated carbocycles. The molecule has 2 atom stereocenters. The molecule has 4 rings (SSSR count). The minimum atomic E-state index is -0.456. The summed E-state index contributed by atoms with van der Waals surface area (Å²) in [5.74, 6) is 0.0744. The molecule has 1 aliphatic carbocycles. The maximum atomic E-state index is 13.5. The molecule has 6 nitrogen and oxygen atoms in total. The van der Waals surface area contributed by atoms with Crippen molar-refractivity contribution >= 4 is 11.8 Å². The molecule has 32 heavy (non-hydrogen) atoms. The molecule has 1 aromatic carbocycles. The molecule has 0 fully saturated rings. The average molecular weight is 433 g/mol. The van der Waals surface area contributed by atoms with Crippen molar-refractivity contribution in [1.82, 2.24) is 10.3 Å². The van der Waals surface area contributed by atoms with Crippen molar-refractivity contribution in [3.05, 3.63) is 82.5 Å². The maximum absolute atomic E-state index is 13.5. The topological polar surface area (TPSA) is 77.5 Å². The number of allylic oxidation sites excluding steroid dienone is 3. The lowest BCUT2D eigenvalue weighted by atomic mass is 9.72. The quantitative estimate of drug-likeness (QED) is 0.682. The van der Waals surface area contributed by atoms with E-state index in [1.807, 2.05) is 50.2 Å². The zero-order chi connectivity index (χ0) is 22.7. The fourth-order valence-electron chi connectivity index (χ4n) is 4.58. The Morgan fingerprint density at radius 1 is 1.09 bits per heavy atom. The highest BCUT2D eigenvalue weighted by Gasteiger charge is 2.41. The number of Topliss-reactive ketones (excluding diaryl/α,β-unsaturated/α-hetero) is 1. The van der Waals surface area contributed by atoms with E-state index in [-0.39, 0.29) is 17.7 Å². The van der Waals surface area contributed by atoms with Gasteiger partial charge in [-0.05, 0) is 61.1 Å². The summed E-state index contributed by atoms with van der Waals surface area (Å²) < 4.78 is 10.7. The first-order valence-corrected chi connectivity index (χ1v) is 11.0. The summed E-state index contributed by atoms with van der Waals surface area (Å²) >= 11 is 0. The van der Waals surface area contributed by atoms with Crippen LogP contribution >= 0.6 is 0 Å². The molecule has 1 aliphatic heterocycles. The predicted molar refractivity (Wildman–Crippen MR) is 121 cm³/mol. The number of dihydropyridines is 1. The molecule has 0 amide bonds. The Bertz CT molecular complexity index is 1070. The van der Waals surface area contributed by atoms with Gasteiger partial charge in [-0.2, -0.15) is 0 Å². The van der Waals surface area contributed by atoms with Crippen molar-refractivity contribution < 1.29 is 19.1 Å². The van der Waals surface area contributed by atoms with E-state index >= 15 is 0 Å². The van der Waals surface area contributed by atoms with E-state index in [4.69, 9.17) is 9.47 Å². The van der Waals surface area contributed by atoms with Crippen molar-refractivity contribution in [2.75, 3.05) is 13.7 Å². The summed E-state index contributed by atoms with van der Waals surface area (Å²) in [5.41, 5.74) is 4.74. The normalized spacial score (nSPS) is 20.5. The van der Waals surface area contributed by atoms with Crippen LogP contribution in [0, 0.1) is 0 Å². The first-order valence-electron chi connectivity index (χ1n) is 11.0. The number of nitrogens with one attached hydrogen (secondary N) is 1. The summed E-state index contributed by atoms with van der Waals surface area (Å²) in [5, 5.41) is 3.38. The van der Waals surface area contributed by atoms with Gasteiger partial charge in [-0.25, -0.2) is 4.79 Å². The van der Waals surface area contributed by atoms with Crippen LogP contribution in [0.1, 0.15) is 56.1 Å². The largest absolute Gasteiger partial charge is 0.497 e. The van der Waals surface area contributed by atoms with Gasteiger partial charge in [0.15, 0.2) is 5.78 Å². The van der Waals surface area contributed by atoms with Gasteiger partial charge < -0.3 is 14.8 Å². The zero-order valence-electron chi connectivity index (χ0n) is 18.7. The molecule has 0 radical (unpaired) electrons. The van der Waals surface area contributed by atoms with Gasteiger partial charge in [0, 0.05) is 41.7 Å². The monoisotopic (exact) mass is 432 g/mol. The molecule has 0 unspecified atom stereocenters. The Morgan fingerprint density at radius 3 is 2.47 bits per heavy atom. The fraction of sp³-hybridized carbons (Fsp3) is 0.346. The molecule has 6 heteroatoms. The third-order valence-electron chi connectivity index (χ3n) is 6.11. The number of nitrogens with zero attached hydrogens (tertiary/aromatic N) is 1. The SMILES string of the molecule is CCCOC(=O)C1=C(C)NC2=C(C(=O)C[C@@H](c3ccc(OC)cc3)C2)[C@H]1c1ccncc1. The summed E-state index contributed by atoms with van der Waals surface area (Å²) in [6, 6.07) is 11.6. The zero-order valence-corrected chi connectivity index (χ0v) is 18.7. The Labute approximate surface area is 188 Å². The number of hydrogen-bond donors (Lipinski definition) is 1. The van der Waals surface area contributed by atoms with Crippen LogP contribution in [0.5, 0.6) is 5.75 Å². The van der Waals surface area contributed by atoms with Crippen LogP contribution in [0.25, 0.3) is 0 Å². The molecule has 2 heterocycles. The molecule has 166 valence electrons. The highest BCUT2D eigenvalue weighted by atomic mass is 16.5. The van der Waals surface area contributed by atoms with Crippen molar-refractivity contribution in [2.45, 2.75) is 44.9 Å². The third-order valence-corrected chi connectivity index (χ3v) is 6.11. The highest BCUT2D eigenvalue weighted by molar-refractivity contribution is 6.04. The summed E-state index contributed by atoms with van der Waals surface area (Å²) in [7, 11) is 1.64. The molecule has 2 aliphatic rings. The minimum Gasteiger partial charge on any atom is -0.497 e. The Hall–Kier alpha value is -3.41. The third kappa shape index (κ3) is 4.17. The van der Waals surface area contributed by atoms with E-state index in [0.29, 0.717) is 30.6 Å². The van der Waals surface area contributed by atoms with Crippen LogP contribution in [-0.2, 0) is 14.3 Å². The Balaban J connectivity index is 1.73. The second-order valence-corrected chi connectivity index (χ2v) is 8.21. The van der Waals surface area contributed by atoms with Crippen LogP contribution in [0.2, 0.25) is 0 Å². The number of rotatable bonds is 6. The second-order valence-electron chi connectivity index (χ2n) is 8.21. The number of aromatic nitrogens is 1. The first-order chi connectivity index (χ1) is 15.5. The van der Waals surface area contributed by atoms with Gasteiger partial charge in [0.2, 0.25) is 0 Å². The number of hydrogen-bond acceptors (Lipinski definition) is 6. The van der Waals surface area contributed by atoms with Gasteiger partial charge in [-0.1, -0.05) is 19.1 Å². The molecular formula is C26H28N2O4. The fourth-order valence-corrected chi connectivity index (χ4v) is 4.58. The molecule has 0 bridgehead atoms. The number of methoxy groups -OCH3 is 1. The van der Waals surface area contributed by atoms with Gasteiger partial charge in [0.25, 0.3) is 0 Å². The number of carbonyl (C=O) groups is 2. The Kier molecular flexibility index (Phi) is 6.40. The van der Waals surface area contributed by atoms with Crippen LogP contribution < -0.4 is 10.1 Å². The van der Waals surface area contributed by atoms with Gasteiger partial charge >= 0.3 is 5.97 Å². The molecule has 1 N–H and O–H groups in total. The molecule has 0 spiro atoms. The number of ether oxygens (including phenoxy) is 2. The van der Waals surface area contributed by atoms with E-state index < -0.39 is 5.92 Å².